The first-order chi connectivity index (χ1) is 9.11. The number of amides is 1. The Morgan fingerprint density at radius 2 is 2.16 bits per heavy atom. The first kappa shape index (κ1) is 13.5. The lowest BCUT2D eigenvalue weighted by Gasteiger charge is -2.10. The number of halogens is 1. The summed E-state index contributed by atoms with van der Waals surface area (Å²) in [5.41, 5.74) is 2.22. The van der Waals surface area contributed by atoms with E-state index in [1.54, 1.807) is 18.3 Å². The van der Waals surface area contributed by atoms with E-state index in [9.17, 15) is 4.79 Å². The summed E-state index contributed by atoms with van der Waals surface area (Å²) >= 11 is 3.42. The molecule has 1 N–H and O–H groups in total. The van der Waals surface area contributed by atoms with E-state index < -0.39 is 0 Å². The highest BCUT2D eigenvalue weighted by atomic mass is 79.9. The zero-order valence-corrected chi connectivity index (χ0v) is 12.2. The van der Waals surface area contributed by atoms with Crippen molar-refractivity contribution in [3.8, 4) is 5.88 Å². The van der Waals surface area contributed by atoms with Crippen molar-refractivity contribution in [3.05, 3.63) is 52.1 Å². The zero-order chi connectivity index (χ0) is 13.8. The molecule has 0 atom stereocenters. The molecule has 1 aromatic carbocycles. The number of anilines is 1. The molecule has 0 unspecified atom stereocenters. The predicted octanol–water partition coefficient (Wildman–Crippen LogP) is 3.41. The van der Waals surface area contributed by atoms with Crippen molar-refractivity contribution < 1.29 is 9.53 Å². The van der Waals surface area contributed by atoms with Gasteiger partial charge in [0, 0.05) is 10.7 Å². The van der Waals surface area contributed by atoms with Gasteiger partial charge in [-0.2, -0.15) is 0 Å². The fraction of sp³-hybridized carbons (Fsp3) is 0.143. The normalized spacial score (nSPS) is 10.1. The number of carbonyl (C=O) groups excluding carboxylic acids is 1. The summed E-state index contributed by atoms with van der Waals surface area (Å²) in [7, 11) is 1.49. The van der Waals surface area contributed by atoms with E-state index in [2.05, 4.69) is 26.2 Å². The second kappa shape index (κ2) is 5.84. The van der Waals surface area contributed by atoms with Crippen molar-refractivity contribution in [2.24, 2.45) is 0 Å². The molecule has 0 aliphatic rings. The number of pyridine rings is 1. The Kier molecular flexibility index (Phi) is 4.16. The van der Waals surface area contributed by atoms with Gasteiger partial charge in [-0.1, -0.05) is 6.07 Å². The fourth-order valence-electron chi connectivity index (χ4n) is 1.64. The summed E-state index contributed by atoms with van der Waals surface area (Å²) in [5, 5.41) is 2.82. The van der Waals surface area contributed by atoms with Crippen LogP contribution in [0.5, 0.6) is 5.88 Å². The number of aryl methyl sites for hydroxylation is 1. The lowest BCUT2D eigenvalue weighted by atomic mass is 10.2. The van der Waals surface area contributed by atoms with E-state index >= 15 is 0 Å². The Labute approximate surface area is 119 Å². The summed E-state index contributed by atoms with van der Waals surface area (Å²) in [6.45, 7) is 1.99. The number of aromatic nitrogens is 1. The van der Waals surface area contributed by atoms with Crippen LogP contribution in [0.2, 0.25) is 0 Å². The maximum atomic E-state index is 12.2. The van der Waals surface area contributed by atoms with Gasteiger partial charge in [-0.3, -0.25) is 4.79 Å². The van der Waals surface area contributed by atoms with Crippen LogP contribution in [-0.2, 0) is 0 Å². The topological polar surface area (TPSA) is 51.2 Å². The molecule has 0 radical (unpaired) electrons. The molecule has 19 heavy (non-hydrogen) atoms. The number of hydrogen-bond donors (Lipinski definition) is 1. The molecule has 2 aromatic rings. The van der Waals surface area contributed by atoms with Crippen molar-refractivity contribution in [1.82, 2.24) is 4.98 Å². The van der Waals surface area contributed by atoms with E-state index in [-0.39, 0.29) is 5.91 Å². The van der Waals surface area contributed by atoms with E-state index in [0.29, 0.717) is 17.1 Å². The molecule has 0 aliphatic carbocycles. The minimum atomic E-state index is -0.255. The standard InChI is InChI=1S/C14H13BrN2O2/c1-9-5-6-12(11(15)8-9)17-13(18)10-4-3-7-16-14(10)19-2/h3-8H,1-2H3,(H,17,18). The van der Waals surface area contributed by atoms with E-state index in [1.807, 2.05) is 25.1 Å². The van der Waals surface area contributed by atoms with Gasteiger partial charge >= 0.3 is 0 Å². The van der Waals surface area contributed by atoms with Crippen LogP contribution < -0.4 is 10.1 Å². The summed E-state index contributed by atoms with van der Waals surface area (Å²) in [4.78, 5) is 16.2. The summed E-state index contributed by atoms with van der Waals surface area (Å²) in [6, 6.07) is 9.09. The van der Waals surface area contributed by atoms with Crippen LogP contribution in [0.15, 0.2) is 41.0 Å². The predicted molar refractivity (Wildman–Crippen MR) is 77.6 cm³/mol. The molecule has 0 fully saturated rings. The van der Waals surface area contributed by atoms with Gasteiger partial charge in [0.05, 0.1) is 12.8 Å². The van der Waals surface area contributed by atoms with Crippen molar-refractivity contribution in [2.75, 3.05) is 12.4 Å². The number of benzene rings is 1. The summed E-state index contributed by atoms with van der Waals surface area (Å²) in [6.07, 6.45) is 1.58. The van der Waals surface area contributed by atoms with Crippen molar-refractivity contribution >= 4 is 27.5 Å². The maximum Gasteiger partial charge on any atom is 0.261 e. The van der Waals surface area contributed by atoms with Gasteiger partial charge in [-0.05, 0) is 52.7 Å². The van der Waals surface area contributed by atoms with Crippen LogP contribution in [0.25, 0.3) is 0 Å². The Morgan fingerprint density at radius 1 is 1.37 bits per heavy atom. The van der Waals surface area contributed by atoms with E-state index in [4.69, 9.17) is 4.74 Å². The van der Waals surface area contributed by atoms with E-state index in [1.165, 1.54) is 7.11 Å². The number of nitrogens with zero attached hydrogens (tertiary/aromatic N) is 1. The molecule has 2 rings (SSSR count). The highest BCUT2D eigenvalue weighted by molar-refractivity contribution is 9.10. The van der Waals surface area contributed by atoms with Crippen molar-refractivity contribution in [1.29, 1.82) is 0 Å². The van der Waals surface area contributed by atoms with Crippen molar-refractivity contribution in [3.63, 3.8) is 0 Å². The van der Waals surface area contributed by atoms with Gasteiger partial charge in [-0.25, -0.2) is 4.98 Å². The molecule has 1 amide bonds. The van der Waals surface area contributed by atoms with E-state index in [0.717, 1.165) is 10.0 Å². The zero-order valence-electron chi connectivity index (χ0n) is 10.6. The summed E-state index contributed by atoms with van der Waals surface area (Å²) < 4.78 is 5.91. The number of rotatable bonds is 3. The second-order valence-electron chi connectivity index (χ2n) is 4.00. The molecule has 1 heterocycles. The average molecular weight is 321 g/mol. The molecule has 98 valence electrons. The lowest BCUT2D eigenvalue weighted by molar-refractivity contribution is 0.102. The lowest BCUT2D eigenvalue weighted by Crippen LogP contribution is -2.14. The molecule has 0 saturated carbocycles. The Hall–Kier alpha value is -1.88. The molecular weight excluding hydrogens is 308 g/mol. The Balaban J connectivity index is 2.26. The SMILES string of the molecule is COc1ncccc1C(=O)Nc1ccc(C)cc1Br. The minimum absolute atomic E-state index is 0.255. The van der Waals surface area contributed by atoms with Crippen LogP contribution >= 0.6 is 15.9 Å². The smallest absolute Gasteiger partial charge is 0.261 e. The quantitative estimate of drug-likeness (QED) is 0.942. The average Bonchev–Trinajstić information content (AvgIpc) is 2.41. The maximum absolute atomic E-state index is 12.2. The van der Waals surface area contributed by atoms with Gasteiger partial charge < -0.3 is 10.1 Å². The molecule has 0 bridgehead atoms. The second-order valence-corrected chi connectivity index (χ2v) is 4.85. The third-order valence-corrected chi connectivity index (χ3v) is 3.24. The van der Waals surface area contributed by atoms with Gasteiger partial charge in [-0.15, -0.1) is 0 Å². The molecule has 5 heteroatoms. The first-order valence-electron chi connectivity index (χ1n) is 5.68. The molecule has 0 saturated heterocycles. The number of ether oxygens (including phenoxy) is 1. The van der Waals surface area contributed by atoms with Crippen LogP contribution in [0.3, 0.4) is 0 Å². The van der Waals surface area contributed by atoms with Gasteiger partial charge in [0.25, 0.3) is 5.91 Å². The summed E-state index contributed by atoms with van der Waals surface area (Å²) in [5.74, 6) is 0.0535. The van der Waals surface area contributed by atoms with Gasteiger partial charge in [0.1, 0.15) is 5.56 Å². The number of hydrogen-bond acceptors (Lipinski definition) is 3. The third kappa shape index (κ3) is 3.12. The Morgan fingerprint density at radius 3 is 2.84 bits per heavy atom. The van der Waals surface area contributed by atoms with Gasteiger partial charge in [0.15, 0.2) is 0 Å². The third-order valence-electron chi connectivity index (χ3n) is 2.58. The minimum Gasteiger partial charge on any atom is -0.480 e. The molecule has 1 aromatic heterocycles. The van der Waals surface area contributed by atoms with Crippen LogP contribution in [-0.4, -0.2) is 18.0 Å². The number of nitrogens with one attached hydrogen (secondary N) is 1. The van der Waals surface area contributed by atoms with Crippen molar-refractivity contribution in [2.45, 2.75) is 6.92 Å². The fourth-order valence-corrected chi connectivity index (χ4v) is 2.23. The largest absolute Gasteiger partial charge is 0.480 e. The molecule has 4 nitrogen and oxygen atoms in total. The Bertz CT molecular complexity index is 614. The number of carbonyl (C=O) groups is 1. The number of methoxy groups -OCH3 is 1. The molecule has 0 spiro atoms. The first-order valence-corrected chi connectivity index (χ1v) is 6.47. The van der Waals surface area contributed by atoms with Crippen LogP contribution in [0.1, 0.15) is 15.9 Å². The monoisotopic (exact) mass is 320 g/mol. The van der Waals surface area contributed by atoms with Crippen LogP contribution in [0.4, 0.5) is 5.69 Å². The van der Waals surface area contributed by atoms with Gasteiger partial charge in [0.2, 0.25) is 5.88 Å². The highest BCUT2D eigenvalue weighted by Gasteiger charge is 2.13. The van der Waals surface area contributed by atoms with Crippen LogP contribution in [0, 0.1) is 6.92 Å². The molecular formula is C14H13BrN2O2. The molecule has 0 aliphatic heterocycles. The highest BCUT2D eigenvalue weighted by Crippen LogP contribution is 2.24.